The van der Waals surface area contributed by atoms with Crippen LogP contribution >= 0.6 is 22.6 Å². The van der Waals surface area contributed by atoms with Crippen molar-refractivity contribution in [3.05, 3.63) is 23.9 Å². The molecule has 0 heterocycles. The van der Waals surface area contributed by atoms with Crippen molar-refractivity contribution in [1.82, 2.24) is 4.90 Å². The predicted octanol–water partition coefficient (Wildman–Crippen LogP) is 2.98. The Labute approximate surface area is 100 Å². The van der Waals surface area contributed by atoms with Crippen LogP contribution in [0.5, 0.6) is 0 Å². The molecule has 1 atom stereocenters. The number of nitrogens with zero attached hydrogens (tertiary/aromatic N) is 1. The van der Waals surface area contributed by atoms with Crippen LogP contribution in [0.3, 0.4) is 0 Å². The largest absolute Gasteiger partial charge is 0.364 e. The minimum absolute atomic E-state index is 0.605. The second-order valence-corrected chi connectivity index (χ2v) is 4.90. The summed E-state index contributed by atoms with van der Waals surface area (Å²) in [6.07, 6.45) is 14.3. The van der Waals surface area contributed by atoms with E-state index in [1.54, 1.807) is 0 Å². The van der Waals surface area contributed by atoms with Crippen LogP contribution in [-0.2, 0) is 0 Å². The molecule has 1 rings (SSSR count). The van der Waals surface area contributed by atoms with E-state index in [0.29, 0.717) is 3.92 Å². The van der Waals surface area contributed by atoms with E-state index < -0.39 is 0 Å². The van der Waals surface area contributed by atoms with Gasteiger partial charge in [0.15, 0.2) is 0 Å². The summed E-state index contributed by atoms with van der Waals surface area (Å²) < 4.78 is 0.605. The third-order valence-corrected chi connectivity index (χ3v) is 3.17. The molecule has 0 radical (unpaired) electrons. The number of terminal acetylenes is 1. The first-order valence-electron chi connectivity index (χ1n) is 4.96. The molecule has 1 unspecified atom stereocenters. The summed E-state index contributed by atoms with van der Waals surface area (Å²) in [6, 6.07) is 0. The molecule has 0 N–H and O–H groups in total. The van der Waals surface area contributed by atoms with Crippen LogP contribution in [0, 0.1) is 12.3 Å². The summed E-state index contributed by atoms with van der Waals surface area (Å²) in [5.41, 5.74) is 1.37. The number of allylic oxidation sites excluding steroid dienone is 3. The lowest BCUT2D eigenvalue weighted by atomic mass is 10.2. The lowest BCUT2D eigenvalue weighted by Crippen LogP contribution is -2.23. The van der Waals surface area contributed by atoms with E-state index in [9.17, 15) is 0 Å². The monoisotopic (exact) mass is 301 g/mol. The fourth-order valence-corrected chi connectivity index (χ4v) is 2.24. The zero-order valence-corrected chi connectivity index (χ0v) is 10.7. The van der Waals surface area contributed by atoms with Crippen LogP contribution in [0.1, 0.15) is 19.8 Å². The molecule has 0 aliphatic heterocycles. The first-order valence-corrected chi connectivity index (χ1v) is 6.20. The maximum absolute atomic E-state index is 5.35. The lowest BCUT2D eigenvalue weighted by molar-refractivity contribution is 0.399. The smallest absolute Gasteiger partial charge is 0.0788 e. The summed E-state index contributed by atoms with van der Waals surface area (Å²) in [7, 11) is 0. The first-order chi connectivity index (χ1) is 6.77. The molecule has 0 fully saturated rings. The molecular formula is C12H16IN. The molecule has 0 bridgehead atoms. The lowest BCUT2D eigenvalue weighted by Gasteiger charge is -2.23. The van der Waals surface area contributed by atoms with Crippen LogP contribution in [0.25, 0.3) is 0 Å². The minimum Gasteiger partial charge on any atom is -0.364 e. The zero-order chi connectivity index (χ0) is 10.4. The van der Waals surface area contributed by atoms with Crippen molar-refractivity contribution in [2.75, 3.05) is 13.1 Å². The number of hydrogen-bond donors (Lipinski definition) is 0. The summed E-state index contributed by atoms with van der Waals surface area (Å²) in [4.78, 5) is 2.27. The molecule has 0 aromatic heterocycles. The highest BCUT2D eigenvalue weighted by atomic mass is 127. The van der Waals surface area contributed by atoms with Crippen molar-refractivity contribution in [1.29, 1.82) is 0 Å². The van der Waals surface area contributed by atoms with E-state index in [1.165, 1.54) is 5.70 Å². The van der Waals surface area contributed by atoms with Gasteiger partial charge in [0.1, 0.15) is 0 Å². The van der Waals surface area contributed by atoms with Gasteiger partial charge >= 0.3 is 0 Å². The average molecular weight is 301 g/mol. The summed E-state index contributed by atoms with van der Waals surface area (Å²) in [5, 5.41) is 0. The molecule has 0 saturated heterocycles. The van der Waals surface area contributed by atoms with Gasteiger partial charge in [-0.3, -0.25) is 0 Å². The van der Waals surface area contributed by atoms with Crippen LogP contribution in [0.2, 0.25) is 0 Å². The van der Waals surface area contributed by atoms with Gasteiger partial charge in [-0.1, -0.05) is 46.7 Å². The molecule has 0 saturated carbocycles. The second kappa shape index (κ2) is 6.13. The second-order valence-electron chi connectivity index (χ2n) is 3.30. The van der Waals surface area contributed by atoms with Gasteiger partial charge in [0.2, 0.25) is 0 Å². The van der Waals surface area contributed by atoms with Crippen LogP contribution in [0.4, 0.5) is 0 Å². The Morgan fingerprint density at radius 3 is 3.07 bits per heavy atom. The molecule has 0 spiro atoms. The van der Waals surface area contributed by atoms with Crippen LogP contribution in [0.15, 0.2) is 23.9 Å². The zero-order valence-electron chi connectivity index (χ0n) is 8.54. The fraction of sp³-hybridized carbons (Fsp3) is 0.500. The van der Waals surface area contributed by atoms with Gasteiger partial charge < -0.3 is 4.90 Å². The SMILES string of the molecule is C#CCN(CC)C1=CC(I)CC=CC1. The van der Waals surface area contributed by atoms with Gasteiger partial charge in [-0.15, -0.1) is 6.42 Å². The van der Waals surface area contributed by atoms with E-state index in [2.05, 4.69) is 58.6 Å². The van der Waals surface area contributed by atoms with Gasteiger partial charge in [0, 0.05) is 22.6 Å². The Kier molecular flexibility index (Phi) is 5.10. The van der Waals surface area contributed by atoms with Crippen molar-refractivity contribution < 1.29 is 0 Å². The van der Waals surface area contributed by atoms with Crippen LogP contribution in [-0.4, -0.2) is 21.9 Å². The van der Waals surface area contributed by atoms with Crippen molar-refractivity contribution in [2.45, 2.75) is 23.7 Å². The minimum atomic E-state index is 0.605. The first kappa shape index (κ1) is 11.6. The normalized spacial score (nSPS) is 20.9. The third kappa shape index (κ3) is 3.38. The third-order valence-electron chi connectivity index (χ3n) is 2.30. The molecule has 1 nitrogen and oxygen atoms in total. The Morgan fingerprint density at radius 1 is 1.64 bits per heavy atom. The highest BCUT2D eigenvalue weighted by molar-refractivity contribution is 14.1. The van der Waals surface area contributed by atoms with Gasteiger partial charge in [0.05, 0.1) is 6.54 Å². The number of rotatable bonds is 3. The van der Waals surface area contributed by atoms with Crippen LogP contribution < -0.4 is 0 Å². The topological polar surface area (TPSA) is 3.24 Å². The summed E-state index contributed by atoms with van der Waals surface area (Å²) >= 11 is 2.47. The van der Waals surface area contributed by atoms with Crippen molar-refractivity contribution in [2.24, 2.45) is 0 Å². The van der Waals surface area contributed by atoms with E-state index in [4.69, 9.17) is 6.42 Å². The Hall–Kier alpha value is -0.430. The van der Waals surface area contributed by atoms with E-state index in [0.717, 1.165) is 25.9 Å². The molecule has 0 aromatic rings. The van der Waals surface area contributed by atoms with Gasteiger partial charge in [-0.05, 0) is 13.3 Å². The molecule has 1 aliphatic rings. The number of hydrogen-bond acceptors (Lipinski definition) is 1. The fourth-order valence-electron chi connectivity index (χ4n) is 1.54. The standard InChI is InChI=1S/C12H16IN/c1-3-9-14(4-2)12-8-6-5-7-11(13)10-12/h1,5-6,10-11H,4,7-9H2,2H3. The summed E-state index contributed by atoms with van der Waals surface area (Å²) in [6.45, 7) is 3.86. The summed E-state index contributed by atoms with van der Waals surface area (Å²) in [5.74, 6) is 2.71. The highest BCUT2D eigenvalue weighted by Gasteiger charge is 2.09. The van der Waals surface area contributed by atoms with Gasteiger partial charge in [-0.25, -0.2) is 0 Å². The van der Waals surface area contributed by atoms with Gasteiger partial charge in [0.25, 0.3) is 0 Å². The molecule has 1 aliphatic carbocycles. The van der Waals surface area contributed by atoms with E-state index >= 15 is 0 Å². The number of halogens is 1. The van der Waals surface area contributed by atoms with E-state index in [1.807, 2.05) is 0 Å². The Bertz CT molecular complexity index is 273. The predicted molar refractivity (Wildman–Crippen MR) is 70.3 cm³/mol. The Morgan fingerprint density at radius 2 is 2.43 bits per heavy atom. The molecule has 0 aromatic carbocycles. The average Bonchev–Trinajstić information content (AvgIpc) is 2.39. The van der Waals surface area contributed by atoms with Crippen molar-refractivity contribution in [3.63, 3.8) is 0 Å². The van der Waals surface area contributed by atoms with Crippen molar-refractivity contribution >= 4 is 22.6 Å². The molecule has 2 heteroatoms. The molecule has 76 valence electrons. The number of alkyl halides is 1. The highest BCUT2D eigenvalue weighted by Crippen LogP contribution is 2.20. The quantitative estimate of drug-likeness (QED) is 0.335. The Balaban J connectivity index is 2.72. The van der Waals surface area contributed by atoms with E-state index in [-0.39, 0.29) is 0 Å². The maximum Gasteiger partial charge on any atom is 0.0788 e. The maximum atomic E-state index is 5.35. The van der Waals surface area contributed by atoms with Crippen molar-refractivity contribution in [3.8, 4) is 12.3 Å². The molecule has 14 heavy (non-hydrogen) atoms. The molecular weight excluding hydrogens is 285 g/mol. The van der Waals surface area contributed by atoms with Gasteiger partial charge in [-0.2, -0.15) is 0 Å². The molecule has 0 amide bonds.